The summed E-state index contributed by atoms with van der Waals surface area (Å²) >= 11 is 6.03. The fraction of sp³-hybridized carbons (Fsp3) is 0.200. The van der Waals surface area contributed by atoms with E-state index in [9.17, 15) is 10.1 Å². The number of nitro groups is 1. The third-order valence-corrected chi connectivity index (χ3v) is 3.41. The summed E-state index contributed by atoms with van der Waals surface area (Å²) in [7, 11) is 0. The van der Waals surface area contributed by atoms with Crippen LogP contribution in [0.5, 0.6) is 0 Å². The maximum atomic E-state index is 10.9. The molecule has 3 nitrogen and oxygen atoms in total. The summed E-state index contributed by atoms with van der Waals surface area (Å²) in [6, 6.07) is 10.6. The van der Waals surface area contributed by atoms with E-state index in [0.717, 1.165) is 28.7 Å². The number of hydrogen-bond acceptors (Lipinski definition) is 2. The molecule has 0 saturated heterocycles. The third kappa shape index (κ3) is 2.76. The lowest BCUT2D eigenvalue weighted by molar-refractivity contribution is -0.384. The van der Waals surface area contributed by atoms with Crippen molar-refractivity contribution in [3.05, 3.63) is 62.7 Å². The van der Waals surface area contributed by atoms with Gasteiger partial charge in [0.15, 0.2) is 0 Å². The summed E-state index contributed by atoms with van der Waals surface area (Å²) in [4.78, 5) is 10.5. The fourth-order valence-corrected chi connectivity index (χ4v) is 2.29. The minimum atomic E-state index is -0.372. The number of aryl methyl sites for hydroxylation is 2. The molecule has 0 fully saturated rings. The maximum Gasteiger partial charge on any atom is 0.270 e. The van der Waals surface area contributed by atoms with E-state index in [1.54, 1.807) is 12.1 Å². The lowest BCUT2D eigenvalue weighted by Gasteiger charge is -2.11. The molecule has 98 valence electrons. The Labute approximate surface area is 117 Å². The van der Waals surface area contributed by atoms with Gasteiger partial charge in [-0.3, -0.25) is 10.1 Å². The molecular formula is C15H14ClNO2. The molecule has 4 heteroatoms. The molecule has 0 aliphatic rings. The van der Waals surface area contributed by atoms with Crippen molar-refractivity contribution in [1.82, 2.24) is 0 Å². The molecule has 2 rings (SSSR count). The highest BCUT2D eigenvalue weighted by atomic mass is 35.5. The molecule has 0 unspecified atom stereocenters. The van der Waals surface area contributed by atoms with E-state index in [1.807, 2.05) is 38.1 Å². The summed E-state index contributed by atoms with van der Waals surface area (Å²) in [5, 5.41) is 11.5. The van der Waals surface area contributed by atoms with Gasteiger partial charge in [0.2, 0.25) is 0 Å². The molecule has 0 radical (unpaired) electrons. The predicted octanol–water partition coefficient (Wildman–Crippen LogP) is 4.79. The van der Waals surface area contributed by atoms with Crippen LogP contribution in [-0.4, -0.2) is 4.92 Å². The zero-order chi connectivity index (χ0) is 14.0. The number of halogens is 1. The summed E-state index contributed by atoms with van der Waals surface area (Å²) in [5.41, 5.74) is 4.08. The van der Waals surface area contributed by atoms with Gasteiger partial charge in [0.05, 0.1) is 4.92 Å². The summed E-state index contributed by atoms with van der Waals surface area (Å²) in [6.45, 7) is 4.01. The van der Waals surface area contributed by atoms with Gasteiger partial charge >= 0.3 is 0 Å². The van der Waals surface area contributed by atoms with Gasteiger partial charge in [-0.25, -0.2) is 0 Å². The van der Waals surface area contributed by atoms with Gasteiger partial charge in [0, 0.05) is 17.2 Å². The van der Waals surface area contributed by atoms with Crippen molar-refractivity contribution < 1.29 is 4.92 Å². The number of rotatable bonds is 3. The topological polar surface area (TPSA) is 43.1 Å². The van der Waals surface area contributed by atoms with E-state index < -0.39 is 0 Å². The fourth-order valence-electron chi connectivity index (χ4n) is 2.12. The van der Waals surface area contributed by atoms with Crippen molar-refractivity contribution in [2.24, 2.45) is 0 Å². The first-order valence-electron chi connectivity index (χ1n) is 6.06. The molecule has 2 aromatic rings. The van der Waals surface area contributed by atoms with E-state index in [2.05, 4.69) is 0 Å². The van der Waals surface area contributed by atoms with Crippen LogP contribution < -0.4 is 0 Å². The predicted molar refractivity (Wildman–Crippen MR) is 77.7 cm³/mol. The molecular weight excluding hydrogens is 262 g/mol. The zero-order valence-electron chi connectivity index (χ0n) is 10.8. The van der Waals surface area contributed by atoms with Gasteiger partial charge in [-0.1, -0.05) is 30.7 Å². The lowest BCUT2D eigenvalue weighted by Crippen LogP contribution is -1.94. The van der Waals surface area contributed by atoms with Crippen LogP contribution in [0.15, 0.2) is 36.4 Å². The highest BCUT2D eigenvalue weighted by Gasteiger charge is 2.13. The second kappa shape index (κ2) is 5.41. The summed E-state index contributed by atoms with van der Waals surface area (Å²) < 4.78 is 0. The minimum absolute atomic E-state index is 0.103. The second-order valence-electron chi connectivity index (χ2n) is 4.41. The van der Waals surface area contributed by atoms with E-state index in [-0.39, 0.29) is 10.6 Å². The molecule has 19 heavy (non-hydrogen) atoms. The van der Waals surface area contributed by atoms with Crippen molar-refractivity contribution in [3.63, 3.8) is 0 Å². The zero-order valence-corrected chi connectivity index (χ0v) is 11.6. The molecule has 0 bridgehead atoms. The van der Waals surface area contributed by atoms with Crippen LogP contribution in [-0.2, 0) is 6.42 Å². The van der Waals surface area contributed by atoms with Crippen molar-refractivity contribution in [3.8, 4) is 11.1 Å². The number of non-ortho nitro benzene ring substituents is 1. The third-order valence-electron chi connectivity index (χ3n) is 3.17. The van der Waals surface area contributed by atoms with Gasteiger partial charge in [-0.15, -0.1) is 0 Å². The molecule has 0 N–H and O–H groups in total. The Kier molecular flexibility index (Phi) is 3.86. The van der Waals surface area contributed by atoms with Crippen LogP contribution >= 0.6 is 11.6 Å². The molecule has 0 aliphatic carbocycles. The smallest absolute Gasteiger partial charge is 0.258 e. The quantitative estimate of drug-likeness (QED) is 0.597. The van der Waals surface area contributed by atoms with Crippen LogP contribution in [0.1, 0.15) is 18.1 Å². The van der Waals surface area contributed by atoms with Gasteiger partial charge in [-0.2, -0.15) is 0 Å². The van der Waals surface area contributed by atoms with Gasteiger partial charge in [-0.05, 0) is 47.7 Å². The molecule has 0 amide bonds. The minimum Gasteiger partial charge on any atom is -0.258 e. The molecule has 0 spiro atoms. The van der Waals surface area contributed by atoms with E-state index in [1.165, 1.54) is 0 Å². The number of nitrogens with zero attached hydrogens (tertiary/aromatic N) is 1. The summed E-state index contributed by atoms with van der Waals surface area (Å²) in [6.07, 6.45) is 0.819. The molecule has 0 heterocycles. The van der Waals surface area contributed by atoms with E-state index >= 15 is 0 Å². The van der Waals surface area contributed by atoms with Crippen molar-refractivity contribution in [2.75, 3.05) is 0 Å². The normalized spacial score (nSPS) is 10.5. The highest BCUT2D eigenvalue weighted by molar-refractivity contribution is 6.30. The van der Waals surface area contributed by atoms with Crippen LogP contribution in [0.4, 0.5) is 5.69 Å². The van der Waals surface area contributed by atoms with E-state index in [0.29, 0.717) is 5.02 Å². The average Bonchev–Trinajstić information content (AvgIpc) is 2.40. The van der Waals surface area contributed by atoms with Gasteiger partial charge < -0.3 is 0 Å². The Balaban J connectivity index is 2.68. The highest BCUT2D eigenvalue weighted by Crippen LogP contribution is 2.32. The SMILES string of the molecule is CCc1ccc([N+](=O)[O-])cc1-c1cc(Cl)ccc1C. The first-order valence-corrected chi connectivity index (χ1v) is 6.44. The largest absolute Gasteiger partial charge is 0.270 e. The molecule has 0 atom stereocenters. The van der Waals surface area contributed by atoms with Crippen molar-refractivity contribution in [1.29, 1.82) is 0 Å². The van der Waals surface area contributed by atoms with E-state index in [4.69, 9.17) is 11.6 Å². The van der Waals surface area contributed by atoms with Crippen molar-refractivity contribution in [2.45, 2.75) is 20.3 Å². The molecule has 0 saturated carbocycles. The Morgan fingerprint density at radius 3 is 2.53 bits per heavy atom. The molecule has 0 aromatic heterocycles. The number of nitro benzene ring substituents is 1. The van der Waals surface area contributed by atoms with Crippen LogP contribution in [0.3, 0.4) is 0 Å². The van der Waals surface area contributed by atoms with Crippen LogP contribution in [0.2, 0.25) is 5.02 Å². The lowest BCUT2D eigenvalue weighted by atomic mass is 9.94. The first kappa shape index (κ1) is 13.6. The monoisotopic (exact) mass is 275 g/mol. The molecule has 2 aromatic carbocycles. The first-order chi connectivity index (χ1) is 9.02. The maximum absolute atomic E-state index is 10.9. The Hall–Kier alpha value is -1.87. The van der Waals surface area contributed by atoms with Crippen molar-refractivity contribution >= 4 is 17.3 Å². The standard InChI is InChI=1S/C15H14ClNO2/c1-3-11-5-7-13(17(18)19)9-15(11)14-8-12(16)6-4-10(14)2/h4-9H,3H2,1-2H3. The summed E-state index contributed by atoms with van der Waals surface area (Å²) in [5.74, 6) is 0. The van der Waals surface area contributed by atoms with Gasteiger partial charge in [0.25, 0.3) is 5.69 Å². The Morgan fingerprint density at radius 1 is 1.16 bits per heavy atom. The Bertz CT molecular complexity index is 638. The number of hydrogen-bond donors (Lipinski definition) is 0. The van der Waals surface area contributed by atoms with Gasteiger partial charge in [0.1, 0.15) is 0 Å². The Morgan fingerprint density at radius 2 is 1.89 bits per heavy atom. The van der Waals surface area contributed by atoms with Crippen LogP contribution in [0, 0.1) is 17.0 Å². The molecule has 0 aliphatic heterocycles. The number of benzene rings is 2. The van der Waals surface area contributed by atoms with Crippen LogP contribution in [0.25, 0.3) is 11.1 Å². The second-order valence-corrected chi connectivity index (χ2v) is 4.85. The average molecular weight is 276 g/mol.